The Morgan fingerprint density at radius 3 is 2.68 bits per heavy atom. The van der Waals surface area contributed by atoms with Gasteiger partial charge in [-0.1, -0.05) is 18.2 Å². The molecule has 28 heavy (non-hydrogen) atoms. The zero-order valence-corrected chi connectivity index (χ0v) is 14.3. The summed E-state index contributed by atoms with van der Waals surface area (Å²) < 4.78 is 38.7. The Morgan fingerprint density at radius 2 is 1.89 bits per heavy atom. The van der Waals surface area contributed by atoms with Crippen molar-refractivity contribution in [3.63, 3.8) is 0 Å². The van der Waals surface area contributed by atoms with Crippen molar-refractivity contribution < 1.29 is 13.2 Å². The van der Waals surface area contributed by atoms with Gasteiger partial charge >= 0.3 is 6.18 Å². The molecule has 0 aliphatic rings. The third kappa shape index (κ3) is 3.85. The Bertz CT molecular complexity index is 1090. The molecule has 3 aromatic heterocycles. The highest BCUT2D eigenvalue weighted by Crippen LogP contribution is 2.30. The zero-order chi connectivity index (χ0) is 19.6. The number of H-pyrrole nitrogens is 1. The lowest BCUT2D eigenvalue weighted by molar-refractivity contribution is -0.137. The first-order valence-electron chi connectivity index (χ1n) is 8.28. The fourth-order valence-electron chi connectivity index (χ4n) is 2.61. The van der Waals surface area contributed by atoms with Gasteiger partial charge in [0.1, 0.15) is 11.3 Å². The number of alkyl halides is 3. The topological polar surface area (TPSA) is 91.4 Å². The van der Waals surface area contributed by atoms with Gasteiger partial charge in [-0.2, -0.15) is 23.1 Å². The quantitative estimate of drug-likeness (QED) is 0.479. The Morgan fingerprint density at radius 1 is 1.00 bits per heavy atom. The summed E-state index contributed by atoms with van der Waals surface area (Å²) in [5.41, 5.74) is 0.748. The first kappa shape index (κ1) is 17.7. The predicted octanol–water partition coefficient (Wildman–Crippen LogP) is 4.12. The van der Waals surface area contributed by atoms with Gasteiger partial charge in [0.25, 0.3) is 0 Å². The van der Waals surface area contributed by atoms with Crippen molar-refractivity contribution in [2.75, 3.05) is 10.6 Å². The molecule has 4 aromatic rings. The second-order valence-corrected chi connectivity index (χ2v) is 5.89. The molecule has 0 fully saturated rings. The number of hydrogen-bond donors (Lipinski definition) is 3. The van der Waals surface area contributed by atoms with Gasteiger partial charge in [0.05, 0.1) is 11.9 Å². The molecule has 7 nitrogen and oxygen atoms in total. The molecule has 0 radical (unpaired) electrons. The van der Waals surface area contributed by atoms with Crippen molar-refractivity contribution >= 4 is 28.7 Å². The molecular formula is C18H14F3N7. The maximum atomic E-state index is 12.9. The number of aromatic nitrogens is 5. The van der Waals surface area contributed by atoms with Crippen LogP contribution in [0, 0.1) is 0 Å². The number of benzene rings is 1. The first-order chi connectivity index (χ1) is 13.5. The van der Waals surface area contributed by atoms with E-state index in [0.29, 0.717) is 28.4 Å². The van der Waals surface area contributed by atoms with Crippen LogP contribution in [-0.4, -0.2) is 24.9 Å². The number of anilines is 3. The summed E-state index contributed by atoms with van der Waals surface area (Å²) in [5, 5.41) is 6.02. The van der Waals surface area contributed by atoms with Crippen molar-refractivity contribution in [3.8, 4) is 0 Å². The number of imidazole rings is 1. The van der Waals surface area contributed by atoms with Gasteiger partial charge < -0.3 is 15.6 Å². The summed E-state index contributed by atoms with van der Waals surface area (Å²) in [4.78, 5) is 19.9. The van der Waals surface area contributed by atoms with Crippen LogP contribution >= 0.6 is 0 Å². The summed E-state index contributed by atoms with van der Waals surface area (Å²) in [5.74, 6) is 1.24. The van der Waals surface area contributed by atoms with Crippen LogP contribution in [0.15, 0.2) is 55.0 Å². The molecular weight excluding hydrogens is 371 g/mol. The summed E-state index contributed by atoms with van der Waals surface area (Å²) in [6.45, 7) is 0.151. The molecule has 4 rings (SSSR count). The van der Waals surface area contributed by atoms with Crippen molar-refractivity contribution in [2.24, 2.45) is 0 Å². The molecule has 1 aromatic carbocycles. The molecule has 3 heterocycles. The van der Waals surface area contributed by atoms with Gasteiger partial charge in [-0.25, -0.2) is 9.97 Å². The van der Waals surface area contributed by atoms with Crippen LogP contribution in [0.4, 0.5) is 30.8 Å². The highest BCUT2D eigenvalue weighted by Gasteiger charge is 2.30. The summed E-state index contributed by atoms with van der Waals surface area (Å²) in [6, 6.07) is 10.5. The van der Waals surface area contributed by atoms with Gasteiger partial charge in [-0.3, -0.25) is 0 Å². The summed E-state index contributed by atoms with van der Waals surface area (Å²) in [7, 11) is 0. The van der Waals surface area contributed by atoms with Gasteiger partial charge in [-0.15, -0.1) is 0 Å². The van der Waals surface area contributed by atoms with Crippen molar-refractivity contribution in [3.05, 3.63) is 66.1 Å². The number of pyridine rings is 1. The number of nitrogens with one attached hydrogen (secondary N) is 3. The van der Waals surface area contributed by atoms with Gasteiger partial charge in [-0.05, 0) is 29.8 Å². The summed E-state index contributed by atoms with van der Waals surface area (Å²) in [6.07, 6.45) is -1.29. The molecule has 0 aliphatic heterocycles. The van der Waals surface area contributed by atoms with Crippen LogP contribution in [-0.2, 0) is 12.7 Å². The molecule has 3 N–H and O–H groups in total. The number of nitrogens with zero attached hydrogens (tertiary/aromatic N) is 4. The lowest BCUT2D eigenvalue weighted by atomic mass is 10.1. The molecule has 0 bridgehead atoms. The van der Waals surface area contributed by atoms with Crippen molar-refractivity contribution in [2.45, 2.75) is 12.7 Å². The molecule has 0 spiro atoms. The van der Waals surface area contributed by atoms with Crippen LogP contribution in [0.5, 0.6) is 0 Å². The van der Waals surface area contributed by atoms with E-state index in [1.807, 2.05) is 6.07 Å². The molecule has 0 amide bonds. The number of aromatic amines is 1. The highest BCUT2D eigenvalue weighted by molar-refractivity contribution is 5.84. The van der Waals surface area contributed by atoms with Crippen LogP contribution in [0.3, 0.4) is 0 Å². The average Bonchev–Trinajstić information content (AvgIpc) is 3.15. The van der Waals surface area contributed by atoms with Gasteiger partial charge in [0.15, 0.2) is 11.5 Å². The fraction of sp³-hybridized carbons (Fsp3) is 0.111. The minimum atomic E-state index is -4.39. The van der Waals surface area contributed by atoms with E-state index >= 15 is 0 Å². The largest absolute Gasteiger partial charge is 0.416 e. The van der Waals surface area contributed by atoms with E-state index in [4.69, 9.17) is 0 Å². The van der Waals surface area contributed by atoms with E-state index in [2.05, 4.69) is 35.6 Å². The highest BCUT2D eigenvalue weighted by atomic mass is 19.4. The zero-order valence-electron chi connectivity index (χ0n) is 14.3. The SMILES string of the molecule is FC(F)(F)c1cccc(CNc2nc(Nc3ccccn3)nc3nc[nH]c23)c1. The third-order valence-corrected chi connectivity index (χ3v) is 3.90. The average molecular weight is 385 g/mol. The smallest absolute Gasteiger partial charge is 0.364 e. The maximum Gasteiger partial charge on any atom is 0.416 e. The number of halogens is 3. The Labute approximate surface area is 157 Å². The van der Waals surface area contributed by atoms with Crippen LogP contribution in [0.25, 0.3) is 11.2 Å². The van der Waals surface area contributed by atoms with E-state index < -0.39 is 11.7 Å². The van der Waals surface area contributed by atoms with Gasteiger partial charge in [0.2, 0.25) is 5.95 Å². The minimum absolute atomic E-state index is 0.151. The van der Waals surface area contributed by atoms with Crippen LogP contribution < -0.4 is 10.6 Å². The molecule has 142 valence electrons. The number of rotatable bonds is 5. The Hall–Kier alpha value is -3.69. The molecule has 0 saturated heterocycles. The third-order valence-electron chi connectivity index (χ3n) is 3.90. The lowest BCUT2D eigenvalue weighted by Gasteiger charge is -2.11. The molecule has 0 aliphatic carbocycles. The Balaban J connectivity index is 1.59. The van der Waals surface area contributed by atoms with E-state index in [1.165, 1.54) is 12.4 Å². The number of fused-ring (bicyclic) bond motifs is 1. The second-order valence-electron chi connectivity index (χ2n) is 5.89. The molecule has 0 unspecified atom stereocenters. The van der Waals surface area contributed by atoms with Crippen molar-refractivity contribution in [1.29, 1.82) is 0 Å². The molecule has 0 atom stereocenters. The monoisotopic (exact) mass is 385 g/mol. The molecule has 10 heteroatoms. The van der Waals surface area contributed by atoms with Crippen LogP contribution in [0.2, 0.25) is 0 Å². The van der Waals surface area contributed by atoms with E-state index in [1.54, 1.807) is 24.4 Å². The predicted molar refractivity (Wildman–Crippen MR) is 98.0 cm³/mol. The lowest BCUT2D eigenvalue weighted by Crippen LogP contribution is -2.08. The van der Waals surface area contributed by atoms with E-state index in [-0.39, 0.29) is 12.5 Å². The van der Waals surface area contributed by atoms with E-state index in [0.717, 1.165) is 12.1 Å². The number of hydrogen-bond acceptors (Lipinski definition) is 6. The molecule has 0 saturated carbocycles. The standard InChI is InChI=1S/C18H14F3N7/c19-18(20,21)12-5-3-4-11(8-12)9-23-15-14-16(25-10-24-14)28-17(27-15)26-13-6-1-2-7-22-13/h1-8,10H,9H2,(H3,22,23,24,25,26,27,28). The summed E-state index contributed by atoms with van der Waals surface area (Å²) >= 11 is 0. The second kappa shape index (κ2) is 7.14. The van der Waals surface area contributed by atoms with E-state index in [9.17, 15) is 13.2 Å². The first-order valence-corrected chi connectivity index (χ1v) is 8.28. The Kier molecular flexibility index (Phi) is 4.52. The van der Waals surface area contributed by atoms with Crippen LogP contribution in [0.1, 0.15) is 11.1 Å². The van der Waals surface area contributed by atoms with Gasteiger partial charge in [0, 0.05) is 12.7 Å². The maximum absolute atomic E-state index is 12.9. The minimum Gasteiger partial charge on any atom is -0.364 e. The van der Waals surface area contributed by atoms with Crippen molar-refractivity contribution in [1.82, 2.24) is 24.9 Å². The normalized spacial score (nSPS) is 11.5. The fourth-order valence-corrected chi connectivity index (χ4v) is 2.61.